The van der Waals surface area contributed by atoms with E-state index in [4.69, 9.17) is 27.3 Å². The summed E-state index contributed by atoms with van der Waals surface area (Å²) in [5, 5.41) is 12.1. The predicted molar refractivity (Wildman–Crippen MR) is 59.2 cm³/mol. The highest BCUT2D eigenvalue weighted by atomic mass is 35.5. The summed E-state index contributed by atoms with van der Waals surface area (Å²) >= 11 is 5.98. The average Bonchev–Trinajstić information content (AvgIpc) is 2.26. The van der Waals surface area contributed by atoms with Crippen LogP contribution < -0.4 is 5.73 Å². The molecule has 0 amide bonds. The lowest BCUT2D eigenvalue weighted by atomic mass is 10.1. The molecule has 15 heavy (non-hydrogen) atoms. The van der Waals surface area contributed by atoms with E-state index in [0.29, 0.717) is 17.2 Å². The lowest BCUT2D eigenvalue weighted by Gasteiger charge is -2.16. The van der Waals surface area contributed by atoms with Gasteiger partial charge in [-0.05, 0) is 13.0 Å². The van der Waals surface area contributed by atoms with Crippen LogP contribution in [0, 0.1) is 0 Å². The molecule has 0 radical (unpaired) electrons. The van der Waals surface area contributed by atoms with Crippen LogP contribution in [0.5, 0.6) is 0 Å². The summed E-state index contributed by atoms with van der Waals surface area (Å²) in [7, 11) is 0. The number of hydrogen-bond acceptors (Lipinski definition) is 3. The van der Waals surface area contributed by atoms with Crippen LogP contribution in [0.2, 0.25) is 5.02 Å². The third-order valence-corrected chi connectivity index (χ3v) is 2.25. The van der Waals surface area contributed by atoms with Gasteiger partial charge in [-0.1, -0.05) is 35.0 Å². The van der Waals surface area contributed by atoms with Crippen LogP contribution in [-0.2, 0) is 4.74 Å². The van der Waals surface area contributed by atoms with Crippen LogP contribution in [0.15, 0.2) is 29.4 Å². The monoisotopic (exact) mass is 228 g/mol. The Morgan fingerprint density at radius 2 is 2.27 bits per heavy atom. The Morgan fingerprint density at radius 1 is 1.60 bits per heavy atom. The highest BCUT2D eigenvalue weighted by Gasteiger charge is 2.18. The van der Waals surface area contributed by atoms with Crippen molar-refractivity contribution in [1.29, 1.82) is 0 Å². The van der Waals surface area contributed by atoms with Gasteiger partial charge in [0.1, 0.15) is 6.10 Å². The minimum atomic E-state index is -0.603. The van der Waals surface area contributed by atoms with Crippen LogP contribution >= 0.6 is 11.6 Å². The Balaban J connectivity index is 3.04. The molecule has 1 unspecified atom stereocenters. The lowest BCUT2D eigenvalue weighted by Crippen LogP contribution is -2.24. The number of nitrogens with zero attached hydrogens (tertiary/aromatic N) is 1. The van der Waals surface area contributed by atoms with Crippen LogP contribution in [0.1, 0.15) is 18.6 Å². The van der Waals surface area contributed by atoms with E-state index in [2.05, 4.69) is 5.16 Å². The first-order chi connectivity index (χ1) is 7.20. The Hall–Kier alpha value is -1.26. The Bertz CT molecular complexity index is 355. The van der Waals surface area contributed by atoms with Gasteiger partial charge in [0.15, 0.2) is 5.84 Å². The summed E-state index contributed by atoms with van der Waals surface area (Å²) in [4.78, 5) is 0. The first kappa shape index (κ1) is 11.8. The molecule has 1 rings (SSSR count). The van der Waals surface area contributed by atoms with Crippen LogP contribution in [0.4, 0.5) is 0 Å². The quantitative estimate of drug-likeness (QED) is 0.359. The summed E-state index contributed by atoms with van der Waals surface area (Å²) < 4.78 is 5.36. The van der Waals surface area contributed by atoms with Gasteiger partial charge in [-0.15, -0.1) is 0 Å². The van der Waals surface area contributed by atoms with E-state index < -0.39 is 6.10 Å². The standard InChI is InChI=1S/C10H13ClN2O2/c1-2-15-9(10(12)13-14)7-5-3-4-6-8(7)11/h3-6,9,14H,2H2,1H3,(H2,12,13). The molecular formula is C10H13ClN2O2. The van der Waals surface area contributed by atoms with Crippen molar-refractivity contribution in [2.75, 3.05) is 6.61 Å². The molecule has 82 valence electrons. The van der Waals surface area contributed by atoms with Crippen molar-refractivity contribution in [3.8, 4) is 0 Å². The molecule has 0 aliphatic carbocycles. The molecule has 1 aromatic carbocycles. The fraction of sp³-hybridized carbons (Fsp3) is 0.300. The van der Waals surface area contributed by atoms with Gasteiger partial charge >= 0.3 is 0 Å². The molecule has 0 spiro atoms. The van der Waals surface area contributed by atoms with Crippen molar-refractivity contribution in [2.45, 2.75) is 13.0 Å². The van der Waals surface area contributed by atoms with E-state index in [1.807, 2.05) is 13.0 Å². The molecule has 0 saturated carbocycles. The summed E-state index contributed by atoms with van der Waals surface area (Å²) in [6, 6.07) is 7.13. The number of oxime groups is 1. The lowest BCUT2D eigenvalue weighted by molar-refractivity contribution is 0.106. The largest absolute Gasteiger partial charge is 0.409 e. The van der Waals surface area contributed by atoms with E-state index in [9.17, 15) is 0 Å². The number of ether oxygens (including phenoxy) is 1. The second kappa shape index (κ2) is 5.58. The van der Waals surface area contributed by atoms with E-state index in [-0.39, 0.29) is 5.84 Å². The van der Waals surface area contributed by atoms with E-state index >= 15 is 0 Å². The summed E-state index contributed by atoms with van der Waals surface area (Å²) in [6.45, 7) is 2.28. The zero-order valence-electron chi connectivity index (χ0n) is 8.35. The average molecular weight is 229 g/mol. The Kier molecular flexibility index (Phi) is 4.39. The first-order valence-electron chi connectivity index (χ1n) is 4.54. The van der Waals surface area contributed by atoms with Crippen molar-refractivity contribution in [3.63, 3.8) is 0 Å². The third kappa shape index (κ3) is 2.84. The highest BCUT2D eigenvalue weighted by molar-refractivity contribution is 6.31. The zero-order chi connectivity index (χ0) is 11.3. The minimum absolute atomic E-state index is 0.00931. The number of rotatable bonds is 4. The molecule has 4 nitrogen and oxygen atoms in total. The highest BCUT2D eigenvalue weighted by Crippen LogP contribution is 2.25. The molecule has 0 saturated heterocycles. The van der Waals surface area contributed by atoms with Crippen LogP contribution in [0.3, 0.4) is 0 Å². The third-order valence-electron chi connectivity index (χ3n) is 1.91. The molecule has 0 bridgehead atoms. The fourth-order valence-electron chi connectivity index (χ4n) is 1.24. The second-order valence-electron chi connectivity index (χ2n) is 2.88. The van der Waals surface area contributed by atoms with Crippen molar-refractivity contribution in [2.24, 2.45) is 10.9 Å². The Labute approximate surface area is 93.3 Å². The molecule has 0 aromatic heterocycles. The van der Waals surface area contributed by atoms with E-state index in [1.165, 1.54) is 0 Å². The SMILES string of the molecule is CCOC(C(N)=NO)c1ccccc1Cl. The second-order valence-corrected chi connectivity index (χ2v) is 3.29. The summed E-state index contributed by atoms with van der Waals surface area (Å²) in [5.41, 5.74) is 6.21. The van der Waals surface area contributed by atoms with Gasteiger partial charge < -0.3 is 15.7 Å². The maximum absolute atomic E-state index is 8.62. The number of halogens is 1. The molecule has 0 heterocycles. The minimum Gasteiger partial charge on any atom is -0.409 e. The molecule has 1 aromatic rings. The number of benzene rings is 1. The smallest absolute Gasteiger partial charge is 0.173 e. The molecule has 5 heteroatoms. The molecule has 3 N–H and O–H groups in total. The summed E-state index contributed by atoms with van der Waals surface area (Å²) in [5.74, 6) is -0.00931. The zero-order valence-corrected chi connectivity index (χ0v) is 9.11. The topological polar surface area (TPSA) is 67.8 Å². The molecule has 0 aliphatic heterocycles. The van der Waals surface area contributed by atoms with Gasteiger partial charge in [0.25, 0.3) is 0 Å². The normalized spacial score (nSPS) is 13.9. The predicted octanol–water partition coefficient (Wildman–Crippen LogP) is 2.16. The van der Waals surface area contributed by atoms with Crippen LogP contribution in [0.25, 0.3) is 0 Å². The number of nitrogens with two attached hydrogens (primary N) is 1. The van der Waals surface area contributed by atoms with Crippen molar-refractivity contribution >= 4 is 17.4 Å². The van der Waals surface area contributed by atoms with Crippen molar-refractivity contribution in [3.05, 3.63) is 34.9 Å². The molecule has 1 atom stereocenters. The van der Waals surface area contributed by atoms with Gasteiger partial charge in [0.05, 0.1) is 0 Å². The number of amidine groups is 1. The van der Waals surface area contributed by atoms with E-state index in [1.54, 1.807) is 18.2 Å². The molecule has 0 fully saturated rings. The maximum Gasteiger partial charge on any atom is 0.173 e. The van der Waals surface area contributed by atoms with Gasteiger partial charge in [-0.3, -0.25) is 0 Å². The van der Waals surface area contributed by atoms with Crippen LogP contribution in [-0.4, -0.2) is 17.6 Å². The van der Waals surface area contributed by atoms with E-state index in [0.717, 1.165) is 0 Å². The van der Waals surface area contributed by atoms with Crippen molar-refractivity contribution < 1.29 is 9.94 Å². The first-order valence-corrected chi connectivity index (χ1v) is 4.92. The number of hydrogen-bond donors (Lipinski definition) is 2. The van der Waals surface area contributed by atoms with Crippen molar-refractivity contribution in [1.82, 2.24) is 0 Å². The summed E-state index contributed by atoms with van der Waals surface area (Å²) in [6.07, 6.45) is -0.603. The van der Waals surface area contributed by atoms with Gasteiger partial charge in [-0.2, -0.15) is 0 Å². The molecular weight excluding hydrogens is 216 g/mol. The van der Waals surface area contributed by atoms with Gasteiger partial charge in [0.2, 0.25) is 0 Å². The molecule has 0 aliphatic rings. The fourth-order valence-corrected chi connectivity index (χ4v) is 1.48. The Morgan fingerprint density at radius 3 is 2.80 bits per heavy atom. The van der Waals surface area contributed by atoms with Gasteiger partial charge in [-0.25, -0.2) is 0 Å². The maximum atomic E-state index is 8.62. The van der Waals surface area contributed by atoms with Gasteiger partial charge in [0, 0.05) is 17.2 Å².